The molecule has 1 unspecified atom stereocenters. The Bertz CT molecular complexity index is 1600. The molecular formula is C38H63N11O12S. The summed E-state index contributed by atoms with van der Waals surface area (Å²) in [5, 5.41) is 39.6. The Morgan fingerprint density at radius 3 is 2.11 bits per heavy atom. The van der Waals surface area contributed by atoms with Crippen LogP contribution in [0.1, 0.15) is 96.3 Å². The molecule has 2 aliphatic heterocycles. The van der Waals surface area contributed by atoms with Crippen LogP contribution in [-0.2, 0) is 43.2 Å². The van der Waals surface area contributed by atoms with Crippen molar-refractivity contribution >= 4 is 71.0 Å². The molecule has 0 bridgehead atoms. The van der Waals surface area contributed by atoms with Gasteiger partial charge in [-0.25, -0.2) is 10.3 Å². The second-order valence-corrected chi connectivity index (χ2v) is 17.1. The van der Waals surface area contributed by atoms with Crippen LogP contribution in [0.2, 0.25) is 0 Å². The van der Waals surface area contributed by atoms with Gasteiger partial charge in [0.1, 0.15) is 18.1 Å². The van der Waals surface area contributed by atoms with Crippen molar-refractivity contribution in [2.75, 3.05) is 32.0 Å². The Labute approximate surface area is 363 Å². The second-order valence-electron chi connectivity index (χ2n) is 15.9. The number of rotatable bonds is 29. The molecule has 23 nitrogen and oxygen atoms in total. The van der Waals surface area contributed by atoms with E-state index in [0.29, 0.717) is 43.9 Å². The fourth-order valence-corrected chi connectivity index (χ4v) is 9.18. The second kappa shape index (κ2) is 27.0. The van der Waals surface area contributed by atoms with Gasteiger partial charge in [-0.1, -0.05) is 32.1 Å². The maximum absolute atomic E-state index is 13.3. The summed E-state index contributed by atoms with van der Waals surface area (Å²) in [6.45, 7) is -1.83. The quantitative estimate of drug-likeness (QED) is 0.0150. The number of thioether (sulfide) groups is 1. The molecule has 1 saturated carbocycles. The minimum absolute atomic E-state index is 0.0971. The fraction of sp³-hybridized carbons (Fsp3) is 0.737. The van der Waals surface area contributed by atoms with Crippen molar-refractivity contribution in [2.45, 2.75) is 132 Å². The first kappa shape index (κ1) is 51.1. The van der Waals surface area contributed by atoms with E-state index in [4.69, 9.17) is 16.7 Å². The highest BCUT2D eigenvalue weighted by molar-refractivity contribution is 8.00. The molecule has 2 saturated heterocycles. The van der Waals surface area contributed by atoms with Gasteiger partial charge in [0.15, 0.2) is 0 Å². The van der Waals surface area contributed by atoms with Gasteiger partial charge in [-0.2, -0.15) is 11.8 Å². The van der Waals surface area contributed by atoms with Crippen molar-refractivity contribution in [2.24, 2.45) is 23.3 Å². The molecule has 0 aromatic rings. The van der Waals surface area contributed by atoms with Crippen LogP contribution >= 0.6 is 11.8 Å². The number of hydrogen-bond acceptors (Lipinski definition) is 13. The molecule has 15 N–H and O–H groups in total. The highest BCUT2D eigenvalue weighted by Crippen LogP contribution is 2.33. The molecule has 3 rings (SSSR count). The van der Waals surface area contributed by atoms with E-state index in [2.05, 4.69) is 42.5 Å². The summed E-state index contributed by atoms with van der Waals surface area (Å²) < 4.78 is 0. The van der Waals surface area contributed by atoms with Crippen molar-refractivity contribution in [3.8, 4) is 0 Å². The Balaban J connectivity index is 1.34. The van der Waals surface area contributed by atoms with Gasteiger partial charge in [0.2, 0.25) is 53.2 Å². The lowest BCUT2D eigenvalue weighted by atomic mass is 9.89. The van der Waals surface area contributed by atoms with Gasteiger partial charge in [-0.05, 0) is 50.9 Å². The maximum Gasteiger partial charge on any atom is 0.315 e. The van der Waals surface area contributed by atoms with Gasteiger partial charge in [-0.3, -0.25) is 48.4 Å². The van der Waals surface area contributed by atoms with Crippen LogP contribution in [0.4, 0.5) is 4.79 Å². The summed E-state index contributed by atoms with van der Waals surface area (Å²) in [6.07, 6.45) is 6.93. The molecular weight excluding hydrogens is 835 g/mol. The third-order valence-corrected chi connectivity index (χ3v) is 12.5. The number of aliphatic hydroxyl groups is 1. The lowest BCUT2D eigenvalue weighted by Crippen LogP contribution is -2.56. The first-order valence-electron chi connectivity index (χ1n) is 21.1. The molecule has 0 aromatic heterocycles. The SMILES string of the molecule is NC(=O)CC[C@H](NC(=O)C(CC(=O)NO)CC1CCCC1)C(=O)N[C@@H](CO)C(=O)NCC(=O)NCC(=O)N[C@@H](CCCCNC(=O)CCCC[C@@H]1SC[C@@H]2NC(=O)N[C@@H]21)C(N)=O. The van der Waals surface area contributed by atoms with E-state index in [-0.39, 0.29) is 55.6 Å². The van der Waals surface area contributed by atoms with Gasteiger partial charge < -0.3 is 59.1 Å². The summed E-state index contributed by atoms with van der Waals surface area (Å²) >= 11 is 1.82. The molecule has 24 heteroatoms. The zero-order valence-corrected chi connectivity index (χ0v) is 35.6. The van der Waals surface area contributed by atoms with Crippen molar-refractivity contribution in [3.63, 3.8) is 0 Å². The van der Waals surface area contributed by atoms with Gasteiger partial charge in [0.05, 0.1) is 31.8 Å². The Kier molecular flexibility index (Phi) is 22.2. The first-order chi connectivity index (χ1) is 29.6. The van der Waals surface area contributed by atoms with Crippen LogP contribution in [0.3, 0.4) is 0 Å². The van der Waals surface area contributed by atoms with E-state index in [1.807, 2.05) is 11.8 Å². The van der Waals surface area contributed by atoms with Gasteiger partial charge in [0.25, 0.3) is 0 Å². The molecule has 0 radical (unpaired) electrons. The largest absolute Gasteiger partial charge is 0.394 e. The summed E-state index contributed by atoms with van der Waals surface area (Å²) in [5.74, 6) is -6.61. The molecule has 2 heterocycles. The van der Waals surface area contributed by atoms with Crippen LogP contribution < -0.4 is 59.5 Å². The number of nitrogens with two attached hydrogens (primary N) is 2. The number of primary amides is 2. The molecule has 11 amide bonds. The number of carbonyl (C=O) groups excluding carboxylic acids is 10. The van der Waals surface area contributed by atoms with E-state index in [0.717, 1.165) is 44.3 Å². The molecule has 348 valence electrons. The third-order valence-electron chi connectivity index (χ3n) is 11.0. The maximum atomic E-state index is 13.3. The van der Waals surface area contributed by atoms with Crippen LogP contribution in [-0.4, -0.2) is 137 Å². The first-order valence-corrected chi connectivity index (χ1v) is 22.2. The topological polar surface area (TPSA) is 371 Å². The van der Waals surface area contributed by atoms with E-state index in [1.54, 1.807) is 0 Å². The van der Waals surface area contributed by atoms with Crippen molar-refractivity contribution in [3.05, 3.63) is 0 Å². The fourth-order valence-electron chi connectivity index (χ4n) is 7.64. The summed E-state index contributed by atoms with van der Waals surface area (Å²) in [6, 6.07) is -3.91. The Hall–Kier alpha value is -5.23. The lowest BCUT2D eigenvalue weighted by Gasteiger charge is -2.25. The zero-order chi connectivity index (χ0) is 45.6. The summed E-state index contributed by atoms with van der Waals surface area (Å²) in [7, 11) is 0. The Morgan fingerprint density at radius 2 is 1.44 bits per heavy atom. The average molecular weight is 898 g/mol. The highest BCUT2D eigenvalue weighted by Gasteiger charge is 2.42. The molecule has 62 heavy (non-hydrogen) atoms. The van der Waals surface area contributed by atoms with E-state index in [1.165, 1.54) is 5.48 Å². The number of hydroxylamine groups is 1. The van der Waals surface area contributed by atoms with Crippen LogP contribution in [0.15, 0.2) is 0 Å². The number of hydrogen-bond donors (Lipinski definition) is 13. The third kappa shape index (κ3) is 18.4. The number of urea groups is 1. The Morgan fingerprint density at radius 1 is 0.726 bits per heavy atom. The van der Waals surface area contributed by atoms with E-state index >= 15 is 0 Å². The molecule has 0 spiro atoms. The molecule has 7 atom stereocenters. The number of carbonyl (C=O) groups is 10. The highest BCUT2D eigenvalue weighted by atomic mass is 32.2. The minimum Gasteiger partial charge on any atom is -0.394 e. The number of nitrogens with one attached hydrogen (secondary N) is 9. The number of amides is 11. The van der Waals surface area contributed by atoms with Crippen LogP contribution in [0.5, 0.6) is 0 Å². The molecule has 0 aromatic carbocycles. The molecule has 3 aliphatic rings. The molecule has 1 aliphatic carbocycles. The van der Waals surface area contributed by atoms with E-state index < -0.39 is 91.0 Å². The summed E-state index contributed by atoms with van der Waals surface area (Å²) in [4.78, 5) is 123. The minimum atomic E-state index is -1.61. The number of unbranched alkanes of at least 4 members (excludes halogenated alkanes) is 2. The van der Waals surface area contributed by atoms with Gasteiger partial charge >= 0.3 is 6.03 Å². The number of aliphatic hydroxyl groups excluding tert-OH is 1. The van der Waals surface area contributed by atoms with Crippen molar-refractivity contribution in [1.29, 1.82) is 0 Å². The van der Waals surface area contributed by atoms with Crippen LogP contribution in [0.25, 0.3) is 0 Å². The smallest absolute Gasteiger partial charge is 0.315 e. The van der Waals surface area contributed by atoms with E-state index in [9.17, 15) is 53.1 Å². The average Bonchev–Trinajstić information content (AvgIpc) is 3.98. The van der Waals surface area contributed by atoms with Crippen molar-refractivity contribution in [1.82, 2.24) is 48.0 Å². The standard InChI is InChI=1S/C38H63N11O12S/c39-28(51)13-12-24(45-35(57)22(16-30(53)49-61)15-21-7-1-2-8-21)37(59)46-25(19-50)36(58)43-17-31(54)42-18-32(55)44-23(34(40)56)9-5-6-14-41-29(52)11-4-3-10-27-33-26(20-62-27)47-38(60)48-33/h21-27,33,50,61H,1-20H2,(H2,39,51)(H2,40,56)(H,41,52)(H,42,54)(H,43,58)(H,44,55)(H,45,57)(H,46,59)(H,49,53)(H2,47,48,60)/t22?,23-,24-,25-,26-,27-,33-/m0/s1. The number of fused-ring (bicyclic) bond motifs is 1. The van der Waals surface area contributed by atoms with Gasteiger partial charge in [-0.15, -0.1) is 0 Å². The molecule has 3 fully saturated rings. The normalized spacial score (nSPS) is 19.9. The monoisotopic (exact) mass is 897 g/mol. The lowest BCUT2D eigenvalue weighted by molar-refractivity contribution is -0.137. The van der Waals surface area contributed by atoms with Crippen LogP contribution in [0, 0.1) is 11.8 Å². The van der Waals surface area contributed by atoms with Gasteiger partial charge in [0, 0.05) is 42.7 Å². The zero-order valence-electron chi connectivity index (χ0n) is 34.8. The van der Waals surface area contributed by atoms with Crippen molar-refractivity contribution < 1.29 is 58.3 Å². The predicted molar refractivity (Wildman–Crippen MR) is 222 cm³/mol. The summed E-state index contributed by atoms with van der Waals surface area (Å²) in [5.41, 5.74) is 12.2. The predicted octanol–water partition coefficient (Wildman–Crippen LogP) is -3.48.